The SMILES string of the molecule is CC1CC(NCc2ccc(F)c(C(F)(F)F)c2)C1. The van der Waals surface area contributed by atoms with Crippen LogP contribution in [0.1, 0.15) is 30.9 Å². The van der Waals surface area contributed by atoms with E-state index < -0.39 is 17.6 Å². The number of benzene rings is 1. The molecule has 0 unspecified atom stereocenters. The van der Waals surface area contributed by atoms with Gasteiger partial charge in [0.1, 0.15) is 5.82 Å². The number of halogens is 4. The largest absolute Gasteiger partial charge is 0.419 e. The minimum atomic E-state index is -4.63. The number of nitrogens with one attached hydrogen (secondary N) is 1. The zero-order valence-electron chi connectivity index (χ0n) is 10.0. The molecule has 1 aliphatic rings. The highest BCUT2D eigenvalue weighted by molar-refractivity contribution is 5.27. The lowest BCUT2D eigenvalue weighted by Gasteiger charge is -2.33. The average Bonchev–Trinajstić information content (AvgIpc) is 2.23. The molecule has 0 heterocycles. The summed E-state index contributed by atoms with van der Waals surface area (Å²) in [6.07, 6.45) is -2.54. The van der Waals surface area contributed by atoms with Crippen LogP contribution < -0.4 is 5.32 Å². The first-order valence-electron chi connectivity index (χ1n) is 5.95. The van der Waals surface area contributed by atoms with Crippen molar-refractivity contribution in [2.45, 2.75) is 38.5 Å². The van der Waals surface area contributed by atoms with Gasteiger partial charge in [-0.2, -0.15) is 13.2 Å². The summed E-state index contributed by atoms with van der Waals surface area (Å²) < 4.78 is 50.5. The molecule has 0 radical (unpaired) electrons. The number of alkyl halides is 3. The van der Waals surface area contributed by atoms with Gasteiger partial charge in [-0.05, 0) is 36.5 Å². The van der Waals surface area contributed by atoms with Crippen molar-refractivity contribution >= 4 is 0 Å². The molecule has 0 bridgehead atoms. The summed E-state index contributed by atoms with van der Waals surface area (Å²) in [6.45, 7) is 2.48. The van der Waals surface area contributed by atoms with Crippen LogP contribution in [0.2, 0.25) is 0 Å². The third kappa shape index (κ3) is 3.02. The van der Waals surface area contributed by atoms with Gasteiger partial charge < -0.3 is 5.32 Å². The molecule has 2 rings (SSSR count). The van der Waals surface area contributed by atoms with E-state index in [9.17, 15) is 17.6 Å². The molecule has 100 valence electrons. The summed E-state index contributed by atoms with van der Waals surface area (Å²) in [6, 6.07) is 3.52. The maximum atomic E-state index is 13.1. The molecule has 0 aromatic heterocycles. The van der Waals surface area contributed by atoms with Gasteiger partial charge >= 0.3 is 6.18 Å². The Kier molecular flexibility index (Phi) is 3.61. The van der Waals surface area contributed by atoms with Crippen LogP contribution in [0.3, 0.4) is 0 Å². The smallest absolute Gasteiger partial charge is 0.310 e. The van der Waals surface area contributed by atoms with Crippen LogP contribution in [0.25, 0.3) is 0 Å². The third-order valence-electron chi connectivity index (χ3n) is 3.30. The molecule has 0 spiro atoms. The lowest BCUT2D eigenvalue weighted by Crippen LogP contribution is -2.39. The zero-order valence-corrected chi connectivity index (χ0v) is 10.0. The van der Waals surface area contributed by atoms with Gasteiger partial charge in [0.15, 0.2) is 0 Å². The van der Waals surface area contributed by atoms with Crippen molar-refractivity contribution in [1.29, 1.82) is 0 Å². The minimum Gasteiger partial charge on any atom is -0.310 e. The Bertz CT molecular complexity index is 421. The second-order valence-electron chi connectivity index (χ2n) is 4.97. The van der Waals surface area contributed by atoms with Gasteiger partial charge in [0.25, 0.3) is 0 Å². The molecule has 5 heteroatoms. The fourth-order valence-corrected chi connectivity index (χ4v) is 2.23. The Labute approximate surface area is 103 Å². The second kappa shape index (κ2) is 4.88. The summed E-state index contributed by atoms with van der Waals surface area (Å²) in [4.78, 5) is 0. The van der Waals surface area contributed by atoms with E-state index in [1.807, 2.05) is 0 Å². The van der Waals surface area contributed by atoms with Gasteiger partial charge in [0.05, 0.1) is 5.56 Å². The number of hydrogen-bond acceptors (Lipinski definition) is 1. The van der Waals surface area contributed by atoms with Crippen molar-refractivity contribution in [2.24, 2.45) is 5.92 Å². The highest BCUT2D eigenvalue weighted by atomic mass is 19.4. The van der Waals surface area contributed by atoms with Crippen LogP contribution >= 0.6 is 0 Å². The molecule has 0 amide bonds. The van der Waals surface area contributed by atoms with E-state index in [4.69, 9.17) is 0 Å². The van der Waals surface area contributed by atoms with Gasteiger partial charge in [-0.1, -0.05) is 13.0 Å². The van der Waals surface area contributed by atoms with E-state index in [0.29, 0.717) is 24.1 Å². The van der Waals surface area contributed by atoms with E-state index in [-0.39, 0.29) is 0 Å². The molecule has 1 saturated carbocycles. The van der Waals surface area contributed by atoms with Crippen molar-refractivity contribution < 1.29 is 17.6 Å². The summed E-state index contributed by atoms with van der Waals surface area (Å²) in [5.41, 5.74) is -0.730. The predicted molar refractivity (Wildman–Crippen MR) is 60.4 cm³/mol. The lowest BCUT2D eigenvalue weighted by molar-refractivity contribution is -0.140. The summed E-state index contributed by atoms with van der Waals surface area (Å²) >= 11 is 0. The van der Waals surface area contributed by atoms with Crippen molar-refractivity contribution in [3.8, 4) is 0 Å². The predicted octanol–water partition coefficient (Wildman–Crippen LogP) is 3.73. The van der Waals surface area contributed by atoms with E-state index in [1.54, 1.807) is 0 Å². The first-order valence-corrected chi connectivity index (χ1v) is 5.95. The Balaban J connectivity index is 2.01. The lowest BCUT2D eigenvalue weighted by atomic mass is 9.82. The van der Waals surface area contributed by atoms with E-state index in [0.717, 1.165) is 25.0 Å². The summed E-state index contributed by atoms with van der Waals surface area (Å²) in [5.74, 6) is -0.537. The molecule has 0 saturated heterocycles. The highest BCUT2D eigenvalue weighted by Gasteiger charge is 2.34. The Morgan fingerprint density at radius 2 is 1.94 bits per heavy atom. The minimum absolute atomic E-state index is 0.348. The maximum absolute atomic E-state index is 13.1. The molecule has 1 aliphatic carbocycles. The normalized spacial score (nSPS) is 23.8. The standard InChI is InChI=1S/C13H15F4N/c1-8-4-10(5-8)18-7-9-2-3-12(14)11(6-9)13(15,16)17/h2-3,6,8,10,18H,4-5,7H2,1H3. The van der Waals surface area contributed by atoms with Crippen molar-refractivity contribution in [1.82, 2.24) is 5.32 Å². The van der Waals surface area contributed by atoms with Crippen molar-refractivity contribution in [3.63, 3.8) is 0 Å². The molecule has 1 fully saturated rings. The molecule has 18 heavy (non-hydrogen) atoms. The molecule has 1 N–H and O–H groups in total. The summed E-state index contributed by atoms with van der Waals surface area (Å²) in [5, 5.41) is 3.17. The quantitative estimate of drug-likeness (QED) is 0.817. The van der Waals surface area contributed by atoms with Crippen LogP contribution in [-0.2, 0) is 12.7 Å². The fourth-order valence-electron chi connectivity index (χ4n) is 2.23. The highest BCUT2D eigenvalue weighted by Crippen LogP contribution is 2.32. The Morgan fingerprint density at radius 1 is 1.28 bits per heavy atom. The van der Waals surface area contributed by atoms with Crippen LogP contribution in [0.5, 0.6) is 0 Å². The van der Waals surface area contributed by atoms with Crippen LogP contribution in [0.4, 0.5) is 17.6 Å². The van der Waals surface area contributed by atoms with Gasteiger partial charge in [-0.15, -0.1) is 0 Å². The first-order chi connectivity index (χ1) is 8.36. The Hall–Kier alpha value is -1.10. The van der Waals surface area contributed by atoms with E-state index in [2.05, 4.69) is 12.2 Å². The molecule has 1 aromatic rings. The van der Waals surface area contributed by atoms with Gasteiger partial charge in [0.2, 0.25) is 0 Å². The first kappa shape index (κ1) is 13.3. The molecular weight excluding hydrogens is 246 g/mol. The van der Waals surface area contributed by atoms with Gasteiger partial charge in [0, 0.05) is 12.6 Å². The monoisotopic (exact) mass is 261 g/mol. The molecule has 1 nitrogen and oxygen atoms in total. The topological polar surface area (TPSA) is 12.0 Å². The summed E-state index contributed by atoms with van der Waals surface area (Å²) in [7, 11) is 0. The third-order valence-corrected chi connectivity index (χ3v) is 3.30. The number of rotatable bonds is 3. The van der Waals surface area contributed by atoms with E-state index >= 15 is 0 Å². The molecule has 0 atom stereocenters. The van der Waals surface area contributed by atoms with E-state index in [1.165, 1.54) is 6.07 Å². The molecule has 1 aromatic carbocycles. The zero-order chi connectivity index (χ0) is 13.3. The maximum Gasteiger partial charge on any atom is 0.419 e. The van der Waals surface area contributed by atoms with Gasteiger partial charge in [-0.3, -0.25) is 0 Å². The van der Waals surface area contributed by atoms with Crippen LogP contribution in [0, 0.1) is 11.7 Å². The van der Waals surface area contributed by atoms with Gasteiger partial charge in [-0.25, -0.2) is 4.39 Å². The molecule has 0 aliphatic heterocycles. The average molecular weight is 261 g/mol. The van der Waals surface area contributed by atoms with Crippen LogP contribution in [-0.4, -0.2) is 6.04 Å². The second-order valence-corrected chi connectivity index (χ2v) is 4.97. The van der Waals surface area contributed by atoms with Crippen molar-refractivity contribution in [2.75, 3.05) is 0 Å². The van der Waals surface area contributed by atoms with Crippen molar-refractivity contribution in [3.05, 3.63) is 35.1 Å². The number of hydrogen-bond donors (Lipinski definition) is 1. The van der Waals surface area contributed by atoms with Crippen LogP contribution in [0.15, 0.2) is 18.2 Å². The fraction of sp³-hybridized carbons (Fsp3) is 0.538. The Morgan fingerprint density at radius 3 is 2.50 bits per heavy atom. The molecular formula is C13H15F4N.